The van der Waals surface area contributed by atoms with Crippen molar-refractivity contribution in [1.82, 2.24) is 9.97 Å². The summed E-state index contributed by atoms with van der Waals surface area (Å²) in [7, 11) is 0. The smallest absolute Gasteiger partial charge is 0.143 e. The third kappa shape index (κ3) is 2.71. The third-order valence-corrected chi connectivity index (χ3v) is 3.58. The second-order valence-electron chi connectivity index (χ2n) is 4.52. The molecule has 0 aliphatic carbocycles. The highest BCUT2D eigenvalue weighted by Crippen LogP contribution is 2.34. The first-order chi connectivity index (χ1) is 9.22. The Bertz CT molecular complexity index is 586. The SMILES string of the molecule is Cc1ncc(CN2CCOc3cc(Br)ccc32)cn1. The van der Waals surface area contributed by atoms with Gasteiger partial charge in [0.05, 0.1) is 12.2 Å². The van der Waals surface area contributed by atoms with Crippen molar-refractivity contribution in [2.45, 2.75) is 13.5 Å². The topological polar surface area (TPSA) is 38.2 Å². The minimum absolute atomic E-state index is 0.705. The van der Waals surface area contributed by atoms with Crippen LogP contribution in [-0.2, 0) is 6.54 Å². The standard InChI is InChI=1S/C14H14BrN3O/c1-10-16-7-11(8-17-10)9-18-4-5-19-14-6-12(15)2-3-13(14)18/h2-3,6-8H,4-5,9H2,1H3. The molecule has 1 aliphatic heterocycles. The van der Waals surface area contributed by atoms with E-state index < -0.39 is 0 Å². The van der Waals surface area contributed by atoms with Crippen LogP contribution in [0.4, 0.5) is 5.69 Å². The summed E-state index contributed by atoms with van der Waals surface area (Å²) in [6.45, 7) is 4.28. The maximum Gasteiger partial charge on any atom is 0.143 e. The van der Waals surface area contributed by atoms with Crippen molar-refractivity contribution in [2.75, 3.05) is 18.1 Å². The zero-order valence-electron chi connectivity index (χ0n) is 10.6. The number of benzene rings is 1. The fourth-order valence-corrected chi connectivity index (χ4v) is 2.48. The summed E-state index contributed by atoms with van der Waals surface area (Å²) in [6.07, 6.45) is 3.77. The van der Waals surface area contributed by atoms with Crippen molar-refractivity contribution in [3.8, 4) is 5.75 Å². The van der Waals surface area contributed by atoms with Crippen molar-refractivity contribution >= 4 is 21.6 Å². The molecule has 1 aromatic heterocycles. The molecule has 4 nitrogen and oxygen atoms in total. The second kappa shape index (κ2) is 5.17. The molecule has 0 fully saturated rings. The second-order valence-corrected chi connectivity index (χ2v) is 5.44. The number of ether oxygens (including phenoxy) is 1. The van der Waals surface area contributed by atoms with Gasteiger partial charge in [-0.3, -0.25) is 0 Å². The van der Waals surface area contributed by atoms with Gasteiger partial charge in [-0.25, -0.2) is 9.97 Å². The van der Waals surface area contributed by atoms with Gasteiger partial charge in [0.2, 0.25) is 0 Å². The molecule has 5 heteroatoms. The maximum absolute atomic E-state index is 5.69. The predicted octanol–water partition coefficient (Wildman–Crippen LogP) is 2.95. The van der Waals surface area contributed by atoms with Crippen LogP contribution in [0.15, 0.2) is 35.1 Å². The van der Waals surface area contributed by atoms with Gasteiger partial charge >= 0.3 is 0 Å². The van der Waals surface area contributed by atoms with E-state index in [1.165, 1.54) is 0 Å². The number of anilines is 1. The van der Waals surface area contributed by atoms with E-state index >= 15 is 0 Å². The highest BCUT2D eigenvalue weighted by Gasteiger charge is 2.18. The molecule has 2 heterocycles. The molecule has 0 atom stereocenters. The third-order valence-electron chi connectivity index (χ3n) is 3.09. The molecule has 3 rings (SSSR count). The molecule has 0 unspecified atom stereocenters. The van der Waals surface area contributed by atoms with Gasteiger partial charge in [0, 0.05) is 29.0 Å². The molecule has 1 aliphatic rings. The highest BCUT2D eigenvalue weighted by molar-refractivity contribution is 9.10. The van der Waals surface area contributed by atoms with Crippen molar-refractivity contribution in [3.05, 3.63) is 46.5 Å². The number of rotatable bonds is 2. The van der Waals surface area contributed by atoms with Crippen LogP contribution in [0.25, 0.3) is 0 Å². The Morgan fingerprint density at radius 3 is 2.89 bits per heavy atom. The van der Waals surface area contributed by atoms with Gasteiger partial charge in [0.1, 0.15) is 18.2 Å². The number of aryl methyl sites for hydroxylation is 1. The van der Waals surface area contributed by atoms with Crippen LogP contribution in [0.2, 0.25) is 0 Å². The summed E-state index contributed by atoms with van der Waals surface area (Å²) < 4.78 is 6.72. The number of hydrogen-bond donors (Lipinski definition) is 0. The molecule has 0 bridgehead atoms. The quantitative estimate of drug-likeness (QED) is 0.853. The van der Waals surface area contributed by atoms with Gasteiger partial charge in [0.15, 0.2) is 0 Å². The van der Waals surface area contributed by atoms with Gasteiger partial charge < -0.3 is 9.64 Å². The van der Waals surface area contributed by atoms with Crippen molar-refractivity contribution < 1.29 is 4.74 Å². The summed E-state index contributed by atoms with van der Waals surface area (Å²) in [4.78, 5) is 10.8. The number of halogens is 1. The van der Waals surface area contributed by atoms with Crippen LogP contribution in [0.3, 0.4) is 0 Å². The normalized spacial score (nSPS) is 13.9. The average Bonchev–Trinajstić information content (AvgIpc) is 2.41. The molecule has 0 amide bonds. The molecule has 19 heavy (non-hydrogen) atoms. The Hall–Kier alpha value is -1.62. The van der Waals surface area contributed by atoms with Crippen molar-refractivity contribution in [1.29, 1.82) is 0 Å². The van der Waals surface area contributed by atoms with E-state index in [1.54, 1.807) is 0 Å². The molecule has 98 valence electrons. The molecule has 0 radical (unpaired) electrons. The molecular formula is C14H14BrN3O. The number of hydrogen-bond acceptors (Lipinski definition) is 4. The first kappa shape index (κ1) is 12.4. The fourth-order valence-electron chi connectivity index (χ4n) is 2.14. The lowest BCUT2D eigenvalue weighted by molar-refractivity contribution is 0.306. The highest BCUT2D eigenvalue weighted by atomic mass is 79.9. The Morgan fingerprint density at radius 2 is 2.11 bits per heavy atom. The van der Waals surface area contributed by atoms with Gasteiger partial charge in [0.25, 0.3) is 0 Å². The summed E-state index contributed by atoms with van der Waals surface area (Å²) in [5.41, 5.74) is 2.23. The minimum Gasteiger partial charge on any atom is -0.490 e. The van der Waals surface area contributed by atoms with Crippen LogP contribution in [-0.4, -0.2) is 23.1 Å². The molecule has 0 saturated carbocycles. The van der Waals surface area contributed by atoms with Crippen molar-refractivity contribution in [2.24, 2.45) is 0 Å². The van der Waals surface area contributed by atoms with E-state index in [0.29, 0.717) is 6.61 Å². The van der Waals surface area contributed by atoms with Crippen LogP contribution in [0.1, 0.15) is 11.4 Å². The predicted molar refractivity (Wildman–Crippen MR) is 77.5 cm³/mol. The van der Waals surface area contributed by atoms with E-state index in [4.69, 9.17) is 4.74 Å². The number of nitrogens with zero attached hydrogens (tertiary/aromatic N) is 3. The number of fused-ring (bicyclic) bond motifs is 1. The van der Waals surface area contributed by atoms with E-state index in [2.05, 4.69) is 36.9 Å². The summed E-state index contributed by atoms with van der Waals surface area (Å²) in [5, 5.41) is 0. The lowest BCUT2D eigenvalue weighted by Crippen LogP contribution is -2.32. The molecule has 0 N–H and O–H groups in total. The van der Waals surface area contributed by atoms with Gasteiger partial charge in [-0.1, -0.05) is 15.9 Å². The summed E-state index contributed by atoms with van der Waals surface area (Å²) >= 11 is 3.47. The van der Waals surface area contributed by atoms with Crippen LogP contribution < -0.4 is 9.64 Å². The summed E-state index contributed by atoms with van der Waals surface area (Å²) in [6, 6.07) is 6.12. The van der Waals surface area contributed by atoms with Gasteiger partial charge in [-0.15, -0.1) is 0 Å². The molecule has 1 aromatic carbocycles. The van der Waals surface area contributed by atoms with Crippen molar-refractivity contribution in [3.63, 3.8) is 0 Å². The Morgan fingerprint density at radius 1 is 1.32 bits per heavy atom. The Labute approximate surface area is 120 Å². The first-order valence-electron chi connectivity index (χ1n) is 6.17. The zero-order valence-corrected chi connectivity index (χ0v) is 12.2. The fraction of sp³-hybridized carbons (Fsp3) is 0.286. The van der Waals surface area contributed by atoms with Gasteiger partial charge in [-0.05, 0) is 25.1 Å². The van der Waals surface area contributed by atoms with E-state index in [1.807, 2.05) is 31.5 Å². The minimum atomic E-state index is 0.705. The van der Waals surface area contributed by atoms with E-state index in [0.717, 1.165) is 40.4 Å². The Kier molecular flexibility index (Phi) is 3.38. The Balaban J connectivity index is 1.85. The summed E-state index contributed by atoms with van der Waals surface area (Å²) in [5.74, 6) is 1.73. The average molecular weight is 320 g/mol. The van der Waals surface area contributed by atoms with Crippen LogP contribution >= 0.6 is 15.9 Å². The number of aromatic nitrogens is 2. The molecule has 0 spiro atoms. The first-order valence-corrected chi connectivity index (χ1v) is 6.96. The zero-order chi connectivity index (χ0) is 13.2. The van der Waals surface area contributed by atoms with Gasteiger partial charge in [-0.2, -0.15) is 0 Å². The van der Waals surface area contributed by atoms with E-state index in [-0.39, 0.29) is 0 Å². The molecule has 2 aromatic rings. The molecule has 0 saturated heterocycles. The largest absolute Gasteiger partial charge is 0.490 e. The lowest BCUT2D eigenvalue weighted by atomic mass is 10.2. The maximum atomic E-state index is 5.69. The monoisotopic (exact) mass is 319 g/mol. The lowest BCUT2D eigenvalue weighted by Gasteiger charge is -2.31. The molecular weight excluding hydrogens is 306 g/mol. The van der Waals surface area contributed by atoms with Crippen LogP contribution in [0, 0.1) is 6.92 Å². The van der Waals surface area contributed by atoms with E-state index in [9.17, 15) is 0 Å². The van der Waals surface area contributed by atoms with Crippen LogP contribution in [0.5, 0.6) is 5.75 Å².